The molecular formula is C20H20F3N5O2S. The topological polar surface area (TPSA) is 80.1 Å². The third-order valence-corrected chi connectivity index (χ3v) is 6.18. The normalized spacial score (nSPS) is 16.8. The highest BCUT2D eigenvalue weighted by Gasteiger charge is 2.38. The number of nitrogens with zero attached hydrogens (tertiary/aromatic N) is 4. The summed E-state index contributed by atoms with van der Waals surface area (Å²) in [5.74, 6) is -1.42. The maximum atomic E-state index is 13.3. The van der Waals surface area contributed by atoms with Crippen molar-refractivity contribution < 1.29 is 18.0 Å². The number of carbonyl (C=O) groups is 1. The maximum Gasteiger partial charge on any atom is 0.449 e. The average Bonchev–Trinajstić information content (AvgIpc) is 3.39. The highest BCUT2D eigenvalue weighted by atomic mass is 32.1. The van der Waals surface area contributed by atoms with Gasteiger partial charge in [-0.1, -0.05) is 41.7 Å². The lowest BCUT2D eigenvalue weighted by atomic mass is 10.2. The summed E-state index contributed by atoms with van der Waals surface area (Å²) >= 11 is 0.904. The van der Waals surface area contributed by atoms with E-state index in [-0.39, 0.29) is 22.8 Å². The zero-order valence-corrected chi connectivity index (χ0v) is 17.5. The molecule has 1 aromatic carbocycles. The van der Waals surface area contributed by atoms with Crippen LogP contribution < -0.4 is 15.8 Å². The van der Waals surface area contributed by atoms with E-state index in [1.807, 2.05) is 30.3 Å². The lowest BCUT2D eigenvalue weighted by Gasteiger charge is -2.23. The minimum atomic E-state index is -4.75. The van der Waals surface area contributed by atoms with E-state index >= 15 is 0 Å². The van der Waals surface area contributed by atoms with Gasteiger partial charge in [-0.05, 0) is 25.3 Å². The number of hydrogen-bond donors (Lipinski definition) is 1. The molecule has 2 aromatic heterocycles. The van der Waals surface area contributed by atoms with Crippen molar-refractivity contribution in [2.45, 2.75) is 45.1 Å². The molecule has 1 N–H and O–H groups in total. The van der Waals surface area contributed by atoms with Crippen molar-refractivity contribution in [2.75, 3.05) is 11.4 Å². The van der Waals surface area contributed by atoms with E-state index in [4.69, 9.17) is 0 Å². The maximum absolute atomic E-state index is 13.3. The summed E-state index contributed by atoms with van der Waals surface area (Å²) in [4.78, 5) is 35.0. The Hall–Kier alpha value is -2.95. The summed E-state index contributed by atoms with van der Waals surface area (Å²) in [7, 11) is 0. The van der Waals surface area contributed by atoms with Crippen LogP contribution in [0.5, 0.6) is 0 Å². The second kappa shape index (κ2) is 8.29. The van der Waals surface area contributed by atoms with E-state index in [2.05, 4.69) is 15.3 Å². The van der Waals surface area contributed by atoms with Crippen LogP contribution in [0, 0.1) is 0 Å². The van der Waals surface area contributed by atoms with Crippen LogP contribution in [0.15, 0.2) is 35.1 Å². The molecule has 164 valence electrons. The molecule has 11 heteroatoms. The largest absolute Gasteiger partial charge is 0.449 e. The van der Waals surface area contributed by atoms with E-state index in [1.165, 1.54) is 6.92 Å². The first-order valence-electron chi connectivity index (χ1n) is 9.86. The zero-order chi connectivity index (χ0) is 22.2. The molecule has 0 radical (unpaired) electrons. The van der Waals surface area contributed by atoms with E-state index in [0.717, 1.165) is 23.3 Å². The SMILES string of the molecule is CCn1c(C(F)(F)F)nc2sc(N3CCC[C@@H]3C(=O)NCc3ccccc3)nc2c1=O. The molecule has 0 bridgehead atoms. The number of rotatable bonds is 5. The summed E-state index contributed by atoms with van der Waals surface area (Å²) in [6.45, 7) is 2.18. The first-order valence-corrected chi connectivity index (χ1v) is 10.7. The molecule has 1 saturated heterocycles. The Morgan fingerprint density at radius 1 is 1.26 bits per heavy atom. The molecule has 3 heterocycles. The van der Waals surface area contributed by atoms with Gasteiger partial charge in [0, 0.05) is 19.6 Å². The lowest BCUT2D eigenvalue weighted by Crippen LogP contribution is -2.43. The molecule has 0 aliphatic carbocycles. The Kier molecular flexibility index (Phi) is 5.69. The van der Waals surface area contributed by atoms with Crippen molar-refractivity contribution in [1.29, 1.82) is 0 Å². The van der Waals surface area contributed by atoms with Gasteiger partial charge >= 0.3 is 6.18 Å². The summed E-state index contributed by atoms with van der Waals surface area (Å²) in [5, 5.41) is 3.23. The summed E-state index contributed by atoms with van der Waals surface area (Å²) in [6, 6.07) is 8.97. The summed E-state index contributed by atoms with van der Waals surface area (Å²) in [6.07, 6.45) is -3.42. The number of amides is 1. The third-order valence-electron chi connectivity index (χ3n) is 5.19. The number of halogens is 3. The van der Waals surface area contributed by atoms with Crippen LogP contribution in [0.4, 0.5) is 18.3 Å². The number of hydrogen-bond acceptors (Lipinski definition) is 6. The smallest absolute Gasteiger partial charge is 0.350 e. The second-order valence-electron chi connectivity index (χ2n) is 7.19. The van der Waals surface area contributed by atoms with Crippen molar-refractivity contribution >= 4 is 32.7 Å². The Morgan fingerprint density at radius 2 is 2.00 bits per heavy atom. The second-order valence-corrected chi connectivity index (χ2v) is 8.14. The fourth-order valence-electron chi connectivity index (χ4n) is 3.70. The minimum Gasteiger partial charge on any atom is -0.350 e. The molecule has 1 atom stereocenters. The molecule has 1 aliphatic rings. The van der Waals surface area contributed by atoms with Crippen molar-refractivity contribution in [3.8, 4) is 0 Å². The molecule has 4 rings (SSSR count). The van der Waals surface area contributed by atoms with Crippen LogP contribution in [0.2, 0.25) is 0 Å². The van der Waals surface area contributed by atoms with Gasteiger partial charge in [-0.15, -0.1) is 0 Å². The molecule has 0 spiro atoms. The predicted molar refractivity (Wildman–Crippen MR) is 111 cm³/mol. The average molecular weight is 451 g/mol. The Labute approximate surface area is 179 Å². The number of carbonyl (C=O) groups excluding carboxylic acids is 1. The molecule has 31 heavy (non-hydrogen) atoms. The van der Waals surface area contributed by atoms with E-state index in [9.17, 15) is 22.8 Å². The Morgan fingerprint density at radius 3 is 2.68 bits per heavy atom. The van der Waals surface area contributed by atoms with Crippen LogP contribution >= 0.6 is 11.3 Å². The van der Waals surface area contributed by atoms with Gasteiger partial charge in [-0.2, -0.15) is 13.2 Å². The van der Waals surface area contributed by atoms with Crippen molar-refractivity contribution in [3.63, 3.8) is 0 Å². The summed E-state index contributed by atoms with van der Waals surface area (Å²) < 4.78 is 40.6. The number of alkyl halides is 3. The van der Waals surface area contributed by atoms with Crippen molar-refractivity contribution in [1.82, 2.24) is 19.9 Å². The Bertz CT molecular complexity index is 1160. The van der Waals surface area contributed by atoms with Crippen LogP contribution in [-0.4, -0.2) is 33.0 Å². The number of thiazole rings is 1. The molecule has 1 aliphatic heterocycles. The van der Waals surface area contributed by atoms with Gasteiger partial charge in [-0.3, -0.25) is 14.2 Å². The molecule has 1 amide bonds. The van der Waals surface area contributed by atoms with Gasteiger partial charge < -0.3 is 10.2 Å². The van der Waals surface area contributed by atoms with Gasteiger partial charge in [0.2, 0.25) is 11.7 Å². The summed E-state index contributed by atoms with van der Waals surface area (Å²) in [5.41, 5.74) is 0.0289. The van der Waals surface area contributed by atoms with E-state index in [1.54, 1.807) is 4.90 Å². The van der Waals surface area contributed by atoms with Crippen LogP contribution in [0.3, 0.4) is 0 Å². The highest BCUT2D eigenvalue weighted by molar-refractivity contribution is 7.21. The Balaban J connectivity index is 1.62. The van der Waals surface area contributed by atoms with Crippen molar-refractivity contribution in [3.05, 3.63) is 52.1 Å². The number of anilines is 1. The fraction of sp³-hybridized carbons (Fsp3) is 0.400. The number of aromatic nitrogens is 3. The lowest BCUT2D eigenvalue weighted by molar-refractivity contribution is -0.147. The first-order chi connectivity index (χ1) is 14.8. The molecule has 7 nitrogen and oxygen atoms in total. The quantitative estimate of drug-likeness (QED) is 0.645. The van der Waals surface area contributed by atoms with Crippen LogP contribution in [0.25, 0.3) is 10.3 Å². The van der Waals surface area contributed by atoms with Crippen molar-refractivity contribution in [2.24, 2.45) is 0 Å². The molecule has 0 unspecified atom stereocenters. The molecule has 1 fully saturated rings. The van der Waals surface area contributed by atoms with Gasteiger partial charge in [0.25, 0.3) is 5.56 Å². The monoisotopic (exact) mass is 451 g/mol. The molecule has 3 aromatic rings. The zero-order valence-electron chi connectivity index (χ0n) is 16.6. The van der Waals surface area contributed by atoms with E-state index < -0.39 is 23.6 Å². The standard InChI is InChI=1S/C20H20F3N5O2S/c1-2-27-17(30)14-16(26-18(27)20(21,22)23)31-19(25-14)28-10-6-9-13(28)15(29)24-11-12-7-4-3-5-8-12/h3-5,7-8,13H,2,6,9-11H2,1H3,(H,24,29)/t13-/m1/s1. The molecule has 0 saturated carbocycles. The molecular weight excluding hydrogens is 431 g/mol. The van der Waals surface area contributed by atoms with Crippen LogP contribution in [-0.2, 0) is 24.1 Å². The first kappa shape index (κ1) is 21.3. The highest BCUT2D eigenvalue weighted by Crippen LogP contribution is 2.34. The van der Waals surface area contributed by atoms with Gasteiger partial charge in [0.1, 0.15) is 6.04 Å². The van der Waals surface area contributed by atoms with Crippen LogP contribution in [0.1, 0.15) is 31.2 Å². The van der Waals surface area contributed by atoms with Gasteiger partial charge in [0.15, 0.2) is 15.5 Å². The van der Waals surface area contributed by atoms with Gasteiger partial charge in [0.05, 0.1) is 0 Å². The van der Waals surface area contributed by atoms with E-state index in [0.29, 0.717) is 29.2 Å². The number of nitrogens with one attached hydrogen (secondary N) is 1. The minimum absolute atomic E-state index is 0.0765. The third kappa shape index (κ3) is 4.14. The predicted octanol–water partition coefficient (Wildman–Crippen LogP) is 3.18. The fourth-order valence-corrected chi connectivity index (χ4v) is 4.71. The number of fused-ring (bicyclic) bond motifs is 1. The van der Waals surface area contributed by atoms with Gasteiger partial charge in [-0.25, -0.2) is 9.97 Å². The number of benzene rings is 1.